The summed E-state index contributed by atoms with van der Waals surface area (Å²) >= 11 is 0. The number of hydrogen-bond acceptors (Lipinski definition) is 3. The average Bonchev–Trinajstić information content (AvgIpc) is 3.07. The minimum Gasteiger partial charge on any atom is -0.379 e. The highest BCUT2D eigenvalue weighted by Crippen LogP contribution is 2.21. The van der Waals surface area contributed by atoms with Gasteiger partial charge in [-0.25, -0.2) is 0 Å². The normalized spacial score (nSPS) is 19.7. The maximum Gasteiger partial charge on any atom is 0.193 e. The molecule has 0 radical (unpaired) electrons. The lowest BCUT2D eigenvalue weighted by Crippen LogP contribution is -2.46. The van der Waals surface area contributed by atoms with Crippen molar-refractivity contribution >= 4 is 5.96 Å². The standard InChI is InChI=1S/C21H35N3O2/c1-21(2,3)19(25-5)13-23-20(22-4)24-12-11-18(14-24)16-26-15-17-9-7-6-8-10-17/h6-10,18-19H,11-16H2,1-5H3,(H,22,23). The zero-order valence-corrected chi connectivity index (χ0v) is 17.0. The molecule has 0 aliphatic carbocycles. The molecule has 1 saturated heterocycles. The van der Waals surface area contributed by atoms with E-state index in [0.29, 0.717) is 12.5 Å². The predicted molar refractivity (Wildman–Crippen MR) is 107 cm³/mol. The highest BCUT2D eigenvalue weighted by atomic mass is 16.5. The van der Waals surface area contributed by atoms with E-state index in [2.05, 4.69) is 60.2 Å². The van der Waals surface area contributed by atoms with Crippen LogP contribution in [0.2, 0.25) is 0 Å². The van der Waals surface area contributed by atoms with Gasteiger partial charge in [-0.1, -0.05) is 51.1 Å². The Morgan fingerprint density at radius 2 is 2.04 bits per heavy atom. The van der Waals surface area contributed by atoms with Crippen LogP contribution in [0.25, 0.3) is 0 Å². The second-order valence-corrected chi connectivity index (χ2v) is 8.12. The summed E-state index contributed by atoms with van der Waals surface area (Å²) < 4.78 is 11.6. The fourth-order valence-electron chi connectivity index (χ4n) is 3.34. The Balaban J connectivity index is 1.75. The molecule has 0 amide bonds. The Labute approximate surface area is 158 Å². The largest absolute Gasteiger partial charge is 0.379 e. The molecule has 2 rings (SSSR count). The molecular formula is C21H35N3O2. The minimum atomic E-state index is 0.0967. The molecule has 5 heteroatoms. The lowest BCUT2D eigenvalue weighted by Gasteiger charge is -2.31. The number of ether oxygens (including phenoxy) is 2. The third kappa shape index (κ3) is 6.29. The molecule has 5 nitrogen and oxygen atoms in total. The van der Waals surface area contributed by atoms with Crippen LogP contribution in [0.3, 0.4) is 0 Å². The van der Waals surface area contributed by atoms with Crippen molar-refractivity contribution < 1.29 is 9.47 Å². The van der Waals surface area contributed by atoms with E-state index in [-0.39, 0.29) is 11.5 Å². The van der Waals surface area contributed by atoms with Crippen molar-refractivity contribution in [2.75, 3.05) is 40.4 Å². The van der Waals surface area contributed by atoms with Crippen LogP contribution in [0, 0.1) is 11.3 Å². The molecule has 26 heavy (non-hydrogen) atoms. The van der Waals surface area contributed by atoms with Gasteiger partial charge in [0.15, 0.2) is 5.96 Å². The fraction of sp³-hybridized carbons (Fsp3) is 0.667. The molecule has 1 N–H and O–H groups in total. The first kappa shape index (κ1) is 20.7. The van der Waals surface area contributed by atoms with Crippen molar-refractivity contribution in [3.05, 3.63) is 35.9 Å². The van der Waals surface area contributed by atoms with E-state index in [1.54, 1.807) is 7.11 Å². The van der Waals surface area contributed by atoms with Crippen molar-refractivity contribution in [1.29, 1.82) is 0 Å². The molecule has 0 saturated carbocycles. The Morgan fingerprint density at radius 3 is 2.65 bits per heavy atom. The first-order chi connectivity index (χ1) is 12.4. The number of nitrogens with one attached hydrogen (secondary N) is 1. The lowest BCUT2D eigenvalue weighted by atomic mass is 9.89. The van der Waals surface area contributed by atoms with E-state index < -0.39 is 0 Å². The number of nitrogens with zero attached hydrogens (tertiary/aromatic N) is 2. The molecule has 0 bridgehead atoms. The summed E-state index contributed by atoms with van der Waals surface area (Å²) in [5, 5.41) is 3.48. The molecule has 0 aromatic heterocycles. The van der Waals surface area contributed by atoms with Gasteiger partial charge in [-0.3, -0.25) is 4.99 Å². The molecular weight excluding hydrogens is 326 g/mol. The first-order valence-corrected chi connectivity index (χ1v) is 9.54. The molecule has 1 aromatic carbocycles. The number of hydrogen-bond donors (Lipinski definition) is 1. The van der Waals surface area contributed by atoms with E-state index in [4.69, 9.17) is 9.47 Å². The number of aliphatic imine (C=N–C) groups is 1. The zero-order valence-electron chi connectivity index (χ0n) is 17.0. The summed E-state index contributed by atoms with van der Waals surface area (Å²) in [6, 6.07) is 10.3. The highest BCUT2D eigenvalue weighted by Gasteiger charge is 2.28. The Kier molecular flexibility index (Phi) is 7.91. The van der Waals surface area contributed by atoms with Crippen molar-refractivity contribution in [3.63, 3.8) is 0 Å². The molecule has 1 heterocycles. The van der Waals surface area contributed by atoms with Crippen LogP contribution in [0.5, 0.6) is 0 Å². The molecule has 1 fully saturated rings. The summed E-state index contributed by atoms with van der Waals surface area (Å²) in [6.45, 7) is 10.8. The summed E-state index contributed by atoms with van der Waals surface area (Å²) in [7, 11) is 3.62. The Morgan fingerprint density at radius 1 is 1.31 bits per heavy atom. The van der Waals surface area contributed by atoms with Crippen molar-refractivity contribution in [2.45, 2.75) is 39.9 Å². The van der Waals surface area contributed by atoms with Crippen molar-refractivity contribution in [1.82, 2.24) is 10.2 Å². The molecule has 1 aliphatic rings. The van der Waals surface area contributed by atoms with Gasteiger partial charge in [0.05, 0.1) is 19.3 Å². The van der Waals surface area contributed by atoms with Crippen LogP contribution in [0.1, 0.15) is 32.8 Å². The van der Waals surface area contributed by atoms with Crippen LogP contribution in [0.4, 0.5) is 0 Å². The van der Waals surface area contributed by atoms with Gasteiger partial charge in [0.25, 0.3) is 0 Å². The summed E-state index contributed by atoms with van der Waals surface area (Å²) in [6.07, 6.45) is 1.29. The van der Waals surface area contributed by atoms with E-state index in [0.717, 1.165) is 38.6 Å². The van der Waals surface area contributed by atoms with Crippen LogP contribution in [0.15, 0.2) is 35.3 Å². The van der Waals surface area contributed by atoms with Crippen molar-refractivity contribution in [3.8, 4) is 0 Å². The molecule has 146 valence electrons. The summed E-state index contributed by atoms with van der Waals surface area (Å²) in [5.74, 6) is 1.51. The van der Waals surface area contributed by atoms with E-state index in [1.807, 2.05) is 13.1 Å². The van der Waals surface area contributed by atoms with Crippen LogP contribution in [-0.2, 0) is 16.1 Å². The van der Waals surface area contributed by atoms with Crippen molar-refractivity contribution in [2.24, 2.45) is 16.3 Å². The van der Waals surface area contributed by atoms with Gasteiger partial charge in [0.2, 0.25) is 0 Å². The van der Waals surface area contributed by atoms with E-state index in [9.17, 15) is 0 Å². The third-order valence-electron chi connectivity index (χ3n) is 4.96. The Hall–Kier alpha value is -1.59. The van der Waals surface area contributed by atoms with Crippen LogP contribution < -0.4 is 5.32 Å². The minimum absolute atomic E-state index is 0.0967. The fourth-order valence-corrected chi connectivity index (χ4v) is 3.34. The SMILES string of the molecule is CN=C(NCC(OC)C(C)(C)C)N1CCC(COCc2ccccc2)C1. The predicted octanol–water partition coefficient (Wildman–Crippen LogP) is 3.16. The zero-order chi connectivity index (χ0) is 19.0. The van der Waals surface area contributed by atoms with Crippen LogP contribution in [-0.4, -0.2) is 57.4 Å². The molecule has 1 aromatic rings. The topological polar surface area (TPSA) is 46.1 Å². The number of methoxy groups -OCH3 is 1. The van der Waals surface area contributed by atoms with Gasteiger partial charge < -0.3 is 19.7 Å². The first-order valence-electron chi connectivity index (χ1n) is 9.54. The second kappa shape index (κ2) is 9.93. The highest BCUT2D eigenvalue weighted by molar-refractivity contribution is 5.80. The quantitative estimate of drug-likeness (QED) is 0.599. The lowest BCUT2D eigenvalue weighted by molar-refractivity contribution is 0.0201. The molecule has 2 unspecified atom stereocenters. The van der Waals surface area contributed by atoms with Crippen LogP contribution >= 0.6 is 0 Å². The number of guanidine groups is 1. The average molecular weight is 362 g/mol. The van der Waals surface area contributed by atoms with Gasteiger partial charge >= 0.3 is 0 Å². The second-order valence-electron chi connectivity index (χ2n) is 8.12. The number of likely N-dealkylation sites (tertiary alicyclic amines) is 1. The van der Waals surface area contributed by atoms with Gasteiger partial charge in [0, 0.05) is 39.7 Å². The number of rotatable bonds is 7. The monoisotopic (exact) mass is 361 g/mol. The molecule has 1 aliphatic heterocycles. The Bertz CT molecular complexity index is 554. The van der Waals surface area contributed by atoms with Gasteiger partial charge in [-0.05, 0) is 17.4 Å². The summed E-state index contributed by atoms with van der Waals surface area (Å²) in [4.78, 5) is 6.78. The maximum absolute atomic E-state index is 5.92. The van der Waals surface area contributed by atoms with E-state index in [1.165, 1.54) is 5.56 Å². The van der Waals surface area contributed by atoms with Gasteiger partial charge in [-0.15, -0.1) is 0 Å². The number of benzene rings is 1. The smallest absolute Gasteiger partial charge is 0.193 e. The summed E-state index contributed by atoms with van der Waals surface area (Å²) in [5.41, 5.74) is 1.33. The molecule has 0 spiro atoms. The van der Waals surface area contributed by atoms with Gasteiger partial charge in [0.1, 0.15) is 0 Å². The molecule has 2 atom stereocenters. The van der Waals surface area contributed by atoms with Gasteiger partial charge in [-0.2, -0.15) is 0 Å². The maximum atomic E-state index is 5.92. The van der Waals surface area contributed by atoms with E-state index >= 15 is 0 Å². The third-order valence-corrected chi connectivity index (χ3v) is 4.96.